The SMILES string of the molecule is Cc1ccc2nc3n(c2n1)[C@@H]1C[C@@]3(I)[C@H]2OC(C)(C)O[C@@H]12. The largest absolute Gasteiger partial charge is 0.343 e. The third-order valence-electron chi connectivity index (χ3n) is 4.85. The van der Waals surface area contributed by atoms with Crippen LogP contribution in [0.25, 0.3) is 11.2 Å². The van der Waals surface area contributed by atoms with E-state index in [-0.39, 0.29) is 21.7 Å². The van der Waals surface area contributed by atoms with Crippen molar-refractivity contribution in [3.05, 3.63) is 23.7 Å². The van der Waals surface area contributed by atoms with Crippen LogP contribution in [0, 0.1) is 6.92 Å². The average molecular weight is 397 g/mol. The second-order valence-corrected chi connectivity index (χ2v) is 8.68. The highest BCUT2D eigenvalue weighted by Gasteiger charge is 2.68. The molecule has 1 saturated carbocycles. The van der Waals surface area contributed by atoms with Gasteiger partial charge in [0.2, 0.25) is 0 Å². The van der Waals surface area contributed by atoms with E-state index in [9.17, 15) is 0 Å². The second-order valence-electron chi connectivity index (χ2n) is 6.76. The molecule has 0 aromatic carbocycles. The van der Waals surface area contributed by atoms with Gasteiger partial charge in [0.05, 0.1) is 6.04 Å². The summed E-state index contributed by atoms with van der Waals surface area (Å²) in [6, 6.07) is 4.36. The summed E-state index contributed by atoms with van der Waals surface area (Å²) in [7, 11) is 0. The lowest BCUT2D eigenvalue weighted by Gasteiger charge is -2.28. The first kappa shape index (κ1) is 12.8. The molecule has 5 nitrogen and oxygen atoms in total. The first-order valence-electron chi connectivity index (χ1n) is 7.30. The van der Waals surface area contributed by atoms with Gasteiger partial charge in [-0.2, -0.15) is 0 Å². The van der Waals surface area contributed by atoms with E-state index in [0.29, 0.717) is 0 Å². The Morgan fingerprint density at radius 2 is 2.10 bits per heavy atom. The summed E-state index contributed by atoms with van der Waals surface area (Å²) in [6.45, 7) is 6.01. The van der Waals surface area contributed by atoms with Crippen molar-refractivity contribution < 1.29 is 9.47 Å². The molecule has 3 aliphatic rings. The van der Waals surface area contributed by atoms with Gasteiger partial charge in [-0.3, -0.25) is 0 Å². The molecule has 2 bridgehead atoms. The highest BCUT2D eigenvalue weighted by atomic mass is 127. The van der Waals surface area contributed by atoms with Crippen LogP contribution in [0.5, 0.6) is 0 Å². The highest BCUT2D eigenvalue weighted by molar-refractivity contribution is 14.1. The number of hydrogen-bond acceptors (Lipinski definition) is 4. The Hall–Kier alpha value is -0.730. The van der Waals surface area contributed by atoms with Gasteiger partial charge in [-0.15, -0.1) is 0 Å². The fraction of sp³-hybridized carbons (Fsp3) is 0.600. The molecular weight excluding hydrogens is 381 g/mol. The maximum atomic E-state index is 6.18. The normalized spacial score (nSPS) is 39.0. The summed E-state index contributed by atoms with van der Waals surface area (Å²) >= 11 is 2.52. The molecule has 110 valence electrons. The number of rotatable bonds is 0. The van der Waals surface area contributed by atoms with Crippen molar-refractivity contribution in [2.75, 3.05) is 0 Å². The number of aromatic nitrogens is 3. The Bertz CT molecular complexity index is 787. The van der Waals surface area contributed by atoms with E-state index in [4.69, 9.17) is 19.4 Å². The Balaban J connectivity index is 1.76. The van der Waals surface area contributed by atoms with Gasteiger partial charge in [-0.05, 0) is 39.3 Å². The van der Waals surface area contributed by atoms with E-state index >= 15 is 0 Å². The van der Waals surface area contributed by atoms with Gasteiger partial charge in [0, 0.05) is 5.69 Å². The Morgan fingerprint density at radius 3 is 2.90 bits per heavy atom. The molecule has 2 aromatic rings. The van der Waals surface area contributed by atoms with Gasteiger partial charge in [0.25, 0.3) is 0 Å². The lowest BCUT2D eigenvalue weighted by molar-refractivity contribution is -0.155. The summed E-state index contributed by atoms with van der Waals surface area (Å²) in [5.74, 6) is 0.594. The van der Waals surface area contributed by atoms with Crippen LogP contribution in [0.1, 0.15) is 37.8 Å². The van der Waals surface area contributed by atoms with Crippen LogP contribution in [-0.4, -0.2) is 32.5 Å². The minimum atomic E-state index is -0.506. The monoisotopic (exact) mass is 397 g/mol. The first-order chi connectivity index (χ1) is 9.89. The summed E-state index contributed by atoms with van der Waals surface area (Å²) in [6.07, 6.45) is 1.21. The van der Waals surface area contributed by atoms with Crippen molar-refractivity contribution in [3.63, 3.8) is 0 Å². The van der Waals surface area contributed by atoms with E-state index in [1.54, 1.807) is 0 Å². The van der Waals surface area contributed by atoms with Crippen LogP contribution in [-0.2, 0) is 12.9 Å². The Morgan fingerprint density at radius 1 is 1.29 bits per heavy atom. The van der Waals surface area contributed by atoms with Crippen LogP contribution in [0.15, 0.2) is 12.1 Å². The molecule has 1 saturated heterocycles. The Kier molecular flexibility index (Phi) is 2.19. The summed E-state index contributed by atoms with van der Waals surface area (Å²) in [4.78, 5) is 9.56. The average Bonchev–Trinajstić information content (AvgIpc) is 3.05. The van der Waals surface area contributed by atoms with E-state index in [0.717, 1.165) is 29.1 Å². The molecule has 0 radical (unpaired) electrons. The minimum absolute atomic E-state index is 0.0866. The molecule has 0 amide bonds. The predicted molar refractivity (Wildman–Crippen MR) is 85.4 cm³/mol. The summed E-state index contributed by atoms with van der Waals surface area (Å²) < 4.78 is 14.5. The fourth-order valence-electron chi connectivity index (χ4n) is 4.09. The molecule has 21 heavy (non-hydrogen) atoms. The zero-order chi connectivity index (χ0) is 14.6. The maximum Gasteiger partial charge on any atom is 0.163 e. The van der Waals surface area contributed by atoms with Gasteiger partial charge in [0.1, 0.15) is 27.0 Å². The first-order valence-corrected chi connectivity index (χ1v) is 8.38. The maximum absolute atomic E-state index is 6.18. The van der Waals surface area contributed by atoms with E-state index in [1.165, 1.54) is 0 Å². The molecule has 4 heterocycles. The molecule has 2 fully saturated rings. The van der Waals surface area contributed by atoms with Crippen molar-refractivity contribution >= 4 is 33.8 Å². The molecule has 6 heteroatoms. The van der Waals surface area contributed by atoms with Crippen LogP contribution in [0.2, 0.25) is 0 Å². The standard InChI is InChI=1S/C15H16IN3O2/c1-7-4-5-8-12(17-7)19-9-6-15(16,13(19)18-8)11-10(9)20-14(2,3)21-11/h4-5,9-11H,6H2,1-3H3/t9-,10+,11+,15-/m1/s1. The van der Waals surface area contributed by atoms with Gasteiger partial charge < -0.3 is 14.0 Å². The zero-order valence-corrected chi connectivity index (χ0v) is 14.3. The van der Waals surface area contributed by atoms with Gasteiger partial charge in [0.15, 0.2) is 11.4 Å². The zero-order valence-electron chi connectivity index (χ0n) is 12.1. The summed E-state index contributed by atoms with van der Waals surface area (Å²) in [5, 5.41) is 0. The molecule has 1 aliphatic carbocycles. The van der Waals surface area contributed by atoms with Crippen molar-refractivity contribution in [1.82, 2.24) is 14.5 Å². The van der Waals surface area contributed by atoms with Crippen molar-refractivity contribution in [1.29, 1.82) is 0 Å². The predicted octanol–water partition coefficient (Wildman–Crippen LogP) is 2.85. The molecule has 5 rings (SSSR count). The number of imidazole rings is 1. The molecular formula is C15H16IN3O2. The van der Waals surface area contributed by atoms with Gasteiger partial charge >= 0.3 is 0 Å². The van der Waals surface area contributed by atoms with Gasteiger partial charge in [-0.25, -0.2) is 9.97 Å². The topological polar surface area (TPSA) is 49.2 Å². The fourth-order valence-corrected chi connectivity index (χ4v) is 5.41. The number of ether oxygens (including phenoxy) is 2. The van der Waals surface area contributed by atoms with Crippen molar-refractivity contribution in [2.45, 2.75) is 54.7 Å². The quantitative estimate of drug-likeness (QED) is 0.507. The third kappa shape index (κ3) is 1.44. The van der Waals surface area contributed by atoms with Crippen LogP contribution >= 0.6 is 22.6 Å². The van der Waals surface area contributed by atoms with Gasteiger partial charge in [-0.1, -0.05) is 22.6 Å². The molecule has 0 N–H and O–H groups in total. The van der Waals surface area contributed by atoms with Crippen LogP contribution in [0.3, 0.4) is 0 Å². The smallest absolute Gasteiger partial charge is 0.163 e. The summed E-state index contributed by atoms with van der Waals surface area (Å²) in [5.41, 5.74) is 2.98. The number of pyridine rings is 1. The third-order valence-corrected chi connectivity index (χ3v) is 6.38. The van der Waals surface area contributed by atoms with Crippen LogP contribution < -0.4 is 0 Å². The lowest BCUT2D eigenvalue weighted by Crippen LogP contribution is -2.39. The number of fused-ring (bicyclic) bond motifs is 10. The van der Waals surface area contributed by atoms with Crippen molar-refractivity contribution in [2.24, 2.45) is 0 Å². The molecule has 2 aliphatic heterocycles. The van der Waals surface area contributed by atoms with Crippen molar-refractivity contribution in [3.8, 4) is 0 Å². The van der Waals surface area contributed by atoms with E-state index < -0.39 is 5.79 Å². The lowest BCUT2D eigenvalue weighted by atomic mass is 10.0. The molecule has 2 aromatic heterocycles. The molecule has 0 unspecified atom stereocenters. The van der Waals surface area contributed by atoms with E-state index in [2.05, 4.69) is 33.2 Å². The van der Waals surface area contributed by atoms with E-state index in [1.807, 2.05) is 26.8 Å². The van der Waals surface area contributed by atoms with Crippen LogP contribution in [0.4, 0.5) is 0 Å². The molecule has 4 atom stereocenters. The number of halogens is 1. The minimum Gasteiger partial charge on any atom is -0.343 e. The number of hydrogen-bond donors (Lipinski definition) is 0. The molecule has 0 spiro atoms. The number of alkyl halides is 1. The number of aryl methyl sites for hydroxylation is 1. The Labute approximate surface area is 136 Å². The second kappa shape index (κ2) is 3.60. The highest BCUT2D eigenvalue weighted by Crippen LogP contribution is 2.63. The number of nitrogens with zero attached hydrogens (tertiary/aromatic N) is 3.